The molecule has 11 nitrogen and oxygen atoms in total. The number of halogens is 1. The average molecular weight is 607 g/mol. The summed E-state index contributed by atoms with van der Waals surface area (Å²) in [6.45, 7) is 9.80. The Balaban J connectivity index is 1.90. The molecule has 0 radical (unpaired) electrons. The number of nitro groups is 1. The number of fused-ring (bicyclic) bond motifs is 1. The highest BCUT2D eigenvalue weighted by molar-refractivity contribution is 6.32. The highest BCUT2D eigenvalue weighted by Crippen LogP contribution is 2.37. The molecule has 0 bridgehead atoms. The minimum Gasteiger partial charge on any atom is -0.494 e. The van der Waals surface area contributed by atoms with E-state index in [1.54, 1.807) is 24.3 Å². The normalized spacial score (nSPS) is 12.1. The van der Waals surface area contributed by atoms with Gasteiger partial charge in [-0.15, -0.1) is 0 Å². The van der Waals surface area contributed by atoms with Crippen LogP contribution in [0.15, 0.2) is 58.4 Å². The number of para-hydroxylation sites is 1. The predicted octanol–water partition coefficient (Wildman–Crippen LogP) is 6.28. The summed E-state index contributed by atoms with van der Waals surface area (Å²) in [7, 11) is 1.17. The molecule has 1 atom stereocenters. The van der Waals surface area contributed by atoms with E-state index in [0.717, 1.165) is 16.9 Å². The number of esters is 1. The summed E-state index contributed by atoms with van der Waals surface area (Å²) >= 11 is 6.36. The third-order valence-corrected chi connectivity index (χ3v) is 6.95. The highest BCUT2D eigenvalue weighted by Gasteiger charge is 2.25. The second-order valence-electron chi connectivity index (χ2n) is 10.00. The van der Waals surface area contributed by atoms with Gasteiger partial charge in [0.25, 0.3) is 5.56 Å². The zero-order valence-corrected chi connectivity index (χ0v) is 25.3. The van der Waals surface area contributed by atoms with Crippen LogP contribution in [-0.2, 0) is 9.53 Å². The molecule has 224 valence electrons. The molecule has 1 heterocycles. The lowest BCUT2D eigenvalue weighted by Gasteiger charge is -2.18. The van der Waals surface area contributed by atoms with E-state index in [1.165, 1.54) is 37.1 Å². The van der Waals surface area contributed by atoms with Crippen LogP contribution in [0, 0.1) is 17.0 Å². The number of hydrogen-bond donors (Lipinski definition) is 0. The minimum absolute atomic E-state index is 0.121. The number of methoxy groups -OCH3 is 1. The largest absolute Gasteiger partial charge is 0.494 e. The molecule has 1 aromatic heterocycles. The zero-order chi connectivity index (χ0) is 31.4. The molecule has 0 saturated heterocycles. The van der Waals surface area contributed by atoms with Crippen molar-refractivity contribution in [2.75, 3.05) is 13.7 Å². The van der Waals surface area contributed by atoms with Gasteiger partial charge in [-0.1, -0.05) is 37.6 Å². The number of aryl methyl sites for hydroxylation is 1. The van der Waals surface area contributed by atoms with Crippen LogP contribution in [0.1, 0.15) is 50.3 Å². The zero-order valence-electron chi connectivity index (χ0n) is 24.6. The van der Waals surface area contributed by atoms with Crippen molar-refractivity contribution in [2.45, 2.75) is 46.6 Å². The van der Waals surface area contributed by atoms with E-state index >= 15 is 0 Å². The molecule has 0 aliphatic rings. The number of benzene rings is 3. The van der Waals surface area contributed by atoms with E-state index in [2.05, 4.69) is 9.84 Å². The lowest BCUT2D eigenvalue weighted by Crippen LogP contribution is -2.25. The van der Waals surface area contributed by atoms with Gasteiger partial charge in [0.1, 0.15) is 5.75 Å². The first-order chi connectivity index (χ1) is 20.5. The topological polar surface area (TPSA) is 135 Å². The van der Waals surface area contributed by atoms with Crippen molar-refractivity contribution in [1.82, 2.24) is 9.66 Å². The standard InChI is InChI=1S/C31H31ClN4O7/c1-7-42-27-12-18(4)23(15-22(27)17(2)3)29-34-25-11-9-8-10-21(25)30(37)35(29)33-16-20-13-24(32)28(26(14-20)36(39)40)43-19(5)31(38)41-6/h8-17,19H,7H2,1-6H3/t19-/m0/s1. The van der Waals surface area contributed by atoms with Gasteiger partial charge < -0.3 is 14.2 Å². The third kappa shape index (κ3) is 6.51. The van der Waals surface area contributed by atoms with Crippen LogP contribution in [0.3, 0.4) is 0 Å². The molecule has 0 N–H and O–H groups in total. The number of carbonyl (C=O) groups excluding carboxylic acids is 1. The van der Waals surface area contributed by atoms with Gasteiger partial charge in [0, 0.05) is 17.2 Å². The molecule has 0 amide bonds. The number of hydrogen-bond acceptors (Lipinski definition) is 9. The van der Waals surface area contributed by atoms with E-state index in [4.69, 9.17) is 26.1 Å². The smallest absolute Gasteiger partial charge is 0.346 e. The number of carbonyl (C=O) groups is 1. The summed E-state index contributed by atoms with van der Waals surface area (Å²) in [5.74, 6) is 0.142. The van der Waals surface area contributed by atoms with Gasteiger partial charge in [0.05, 0.1) is 40.8 Å². The molecular weight excluding hydrogens is 576 g/mol. The third-order valence-electron chi connectivity index (χ3n) is 6.67. The Morgan fingerprint density at radius 2 is 1.91 bits per heavy atom. The van der Waals surface area contributed by atoms with Crippen LogP contribution in [0.25, 0.3) is 22.3 Å². The van der Waals surface area contributed by atoms with Gasteiger partial charge in [-0.25, -0.2) is 9.78 Å². The van der Waals surface area contributed by atoms with Crippen molar-refractivity contribution in [3.63, 3.8) is 0 Å². The molecule has 4 rings (SSSR count). The second-order valence-corrected chi connectivity index (χ2v) is 10.4. The number of aromatic nitrogens is 2. The van der Waals surface area contributed by atoms with E-state index in [-0.39, 0.29) is 28.1 Å². The molecular formula is C31H31ClN4O7. The van der Waals surface area contributed by atoms with Crippen molar-refractivity contribution >= 4 is 40.4 Å². The fourth-order valence-electron chi connectivity index (χ4n) is 4.52. The van der Waals surface area contributed by atoms with Gasteiger partial charge in [-0.2, -0.15) is 9.78 Å². The number of nitro benzene ring substituents is 1. The van der Waals surface area contributed by atoms with E-state index < -0.39 is 28.2 Å². The Labute approximate surface area is 252 Å². The Morgan fingerprint density at radius 3 is 2.56 bits per heavy atom. The molecule has 0 aliphatic heterocycles. The van der Waals surface area contributed by atoms with E-state index in [1.807, 2.05) is 39.8 Å². The Bertz CT molecular complexity index is 1800. The summed E-state index contributed by atoms with van der Waals surface area (Å²) in [4.78, 5) is 41.6. The Kier molecular flexibility index (Phi) is 9.45. The van der Waals surface area contributed by atoms with Crippen molar-refractivity contribution in [3.05, 3.63) is 90.7 Å². The second kappa shape index (κ2) is 13.0. The number of ether oxygens (including phenoxy) is 3. The number of rotatable bonds is 10. The monoisotopic (exact) mass is 606 g/mol. The molecule has 3 aromatic carbocycles. The maximum atomic E-state index is 13.7. The molecule has 0 spiro atoms. The fraction of sp³-hybridized carbons (Fsp3) is 0.290. The van der Waals surface area contributed by atoms with Crippen molar-refractivity contribution in [2.24, 2.45) is 5.10 Å². The van der Waals surface area contributed by atoms with E-state index in [0.29, 0.717) is 23.1 Å². The van der Waals surface area contributed by atoms with Crippen LogP contribution < -0.4 is 15.0 Å². The van der Waals surface area contributed by atoms with Crippen LogP contribution >= 0.6 is 11.6 Å². The fourth-order valence-corrected chi connectivity index (χ4v) is 4.78. The van der Waals surface area contributed by atoms with Gasteiger partial charge in [-0.3, -0.25) is 14.9 Å². The summed E-state index contributed by atoms with van der Waals surface area (Å²) in [5.41, 5.74) is 2.23. The van der Waals surface area contributed by atoms with Crippen molar-refractivity contribution < 1.29 is 23.9 Å². The lowest BCUT2D eigenvalue weighted by molar-refractivity contribution is -0.386. The van der Waals surface area contributed by atoms with Crippen LogP contribution in [-0.4, -0.2) is 46.6 Å². The first-order valence-corrected chi connectivity index (χ1v) is 13.9. The first kappa shape index (κ1) is 31.2. The van der Waals surface area contributed by atoms with Crippen molar-refractivity contribution in [3.8, 4) is 22.9 Å². The maximum absolute atomic E-state index is 13.7. The SMILES string of the molecule is CCOc1cc(C)c(-c2nc3ccccc3c(=O)n2N=Cc2cc(Cl)c(O[C@@H](C)C(=O)OC)c([N+](=O)[O-])c2)cc1C(C)C. The van der Waals surface area contributed by atoms with Crippen LogP contribution in [0.5, 0.6) is 11.5 Å². The summed E-state index contributed by atoms with van der Waals surface area (Å²) in [6, 6.07) is 13.4. The summed E-state index contributed by atoms with van der Waals surface area (Å²) in [6.07, 6.45) is 0.139. The average Bonchev–Trinajstić information content (AvgIpc) is 2.97. The minimum atomic E-state index is -1.14. The van der Waals surface area contributed by atoms with Crippen LogP contribution in [0.2, 0.25) is 5.02 Å². The maximum Gasteiger partial charge on any atom is 0.346 e. The molecule has 0 saturated carbocycles. The quantitative estimate of drug-likeness (QED) is 0.0891. The van der Waals surface area contributed by atoms with Gasteiger partial charge >= 0.3 is 11.7 Å². The van der Waals surface area contributed by atoms with Crippen LogP contribution in [0.4, 0.5) is 5.69 Å². The van der Waals surface area contributed by atoms with Gasteiger partial charge in [-0.05, 0) is 68.1 Å². The molecule has 43 heavy (non-hydrogen) atoms. The molecule has 12 heteroatoms. The molecule has 0 aliphatic carbocycles. The Hall–Kier alpha value is -4.77. The van der Waals surface area contributed by atoms with Gasteiger partial charge in [0.2, 0.25) is 5.75 Å². The predicted molar refractivity (Wildman–Crippen MR) is 165 cm³/mol. The molecule has 0 unspecified atom stereocenters. The van der Waals surface area contributed by atoms with Gasteiger partial charge in [0.15, 0.2) is 11.9 Å². The highest BCUT2D eigenvalue weighted by atomic mass is 35.5. The molecule has 4 aromatic rings. The van der Waals surface area contributed by atoms with Crippen molar-refractivity contribution in [1.29, 1.82) is 0 Å². The number of nitrogens with zero attached hydrogens (tertiary/aromatic N) is 4. The van der Waals surface area contributed by atoms with E-state index in [9.17, 15) is 19.7 Å². The Morgan fingerprint density at radius 1 is 1.19 bits per heavy atom. The summed E-state index contributed by atoms with van der Waals surface area (Å²) in [5, 5.41) is 16.6. The lowest BCUT2D eigenvalue weighted by atomic mass is 9.96. The first-order valence-electron chi connectivity index (χ1n) is 13.5. The molecule has 0 fully saturated rings. The summed E-state index contributed by atoms with van der Waals surface area (Å²) < 4.78 is 17.1.